The number of halogens is 2. The van der Waals surface area contributed by atoms with Crippen LogP contribution in [0.25, 0.3) is 5.69 Å². The summed E-state index contributed by atoms with van der Waals surface area (Å²) in [6, 6.07) is 2.40. The van der Waals surface area contributed by atoms with E-state index >= 15 is 0 Å². The third-order valence-corrected chi connectivity index (χ3v) is 4.27. The number of hydrogen-bond donors (Lipinski definition) is 0. The molecule has 0 bridgehead atoms. The quantitative estimate of drug-likeness (QED) is 0.804. The zero-order valence-corrected chi connectivity index (χ0v) is 13.9. The Balaban J connectivity index is 2.56. The van der Waals surface area contributed by atoms with Crippen molar-refractivity contribution >= 4 is 22.9 Å². The molecule has 116 valence electrons. The zero-order chi connectivity index (χ0) is 16.5. The number of nitrogens with zero attached hydrogens (tertiary/aromatic N) is 2. The van der Waals surface area contributed by atoms with Gasteiger partial charge in [-0.15, -0.1) is 6.42 Å². The Labute approximate surface area is 136 Å². The van der Waals surface area contributed by atoms with Gasteiger partial charge in [-0.05, 0) is 6.07 Å². The molecule has 0 amide bonds. The van der Waals surface area contributed by atoms with Gasteiger partial charge >= 0.3 is 4.87 Å². The Kier molecular flexibility index (Phi) is 4.59. The Morgan fingerprint density at radius 3 is 2.73 bits per heavy atom. The van der Waals surface area contributed by atoms with Crippen LogP contribution < -0.4 is 9.61 Å². The van der Waals surface area contributed by atoms with Crippen LogP contribution in [0.4, 0.5) is 4.39 Å². The molecule has 2 rings (SSSR count). The number of benzene rings is 1. The third-order valence-electron chi connectivity index (χ3n) is 2.73. The van der Waals surface area contributed by atoms with Gasteiger partial charge in [-0.3, -0.25) is 4.79 Å². The van der Waals surface area contributed by atoms with Crippen molar-refractivity contribution in [3.63, 3.8) is 0 Å². The number of terminal acetylenes is 1. The normalized spacial score (nSPS) is 11.3. The molecule has 0 N–H and O–H groups in total. The fourth-order valence-electron chi connectivity index (χ4n) is 1.64. The van der Waals surface area contributed by atoms with Gasteiger partial charge in [0.05, 0.1) is 10.7 Å². The molecule has 0 aliphatic carbocycles. The molecule has 0 spiro atoms. The second kappa shape index (κ2) is 6.11. The highest BCUT2D eigenvalue weighted by Crippen LogP contribution is 2.29. The Morgan fingerprint density at radius 2 is 2.18 bits per heavy atom. The molecule has 7 heteroatoms. The van der Waals surface area contributed by atoms with Crippen LogP contribution in [0, 0.1) is 18.2 Å². The molecule has 0 unspecified atom stereocenters. The van der Waals surface area contributed by atoms with Crippen LogP contribution in [0.2, 0.25) is 5.02 Å². The van der Waals surface area contributed by atoms with E-state index in [1.165, 1.54) is 6.07 Å². The lowest BCUT2D eigenvalue weighted by molar-refractivity contribution is 0.348. The molecule has 4 nitrogen and oxygen atoms in total. The Hall–Kier alpha value is -1.84. The van der Waals surface area contributed by atoms with Crippen LogP contribution in [0.15, 0.2) is 16.9 Å². The summed E-state index contributed by atoms with van der Waals surface area (Å²) in [5, 5.41) is 5.01. The highest BCUT2D eigenvalue weighted by atomic mass is 35.5. The van der Waals surface area contributed by atoms with E-state index < -0.39 is 5.82 Å². The molecule has 0 atom stereocenters. The third kappa shape index (κ3) is 3.32. The molecule has 0 fully saturated rings. The summed E-state index contributed by atoms with van der Waals surface area (Å²) in [4.78, 5) is 11.8. The van der Waals surface area contributed by atoms with Crippen molar-refractivity contribution in [3.8, 4) is 23.8 Å². The average molecular weight is 341 g/mol. The van der Waals surface area contributed by atoms with E-state index in [0.717, 1.165) is 22.1 Å². The molecule has 22 heavy (non-hydrogen) atoms. The van der Waals surface area contributed by atoms with Crippen LogP contribution in [0.1, 0.15) is 25.8 Å². The average Bonchev–Trinajstić information content (AvgIpc) is 2.80. The van der Waals surface area contributed by atoms with E-state index in [-0.39, 0.29) is 33.4 Å². The molecule has 1 aromatic heterocycles. The lowest BCUT2D eigenvalue weighted by Crippen LogP contribution is -2.15. The molecule has 0 radical (unpaired) electrons. The maximum absolute atomic E-state index is 13.8. The Morgan fingerprint density at radius 1 is 1.50 bits per heavy atom. The highest BCUT2D eigenvalue weighted by Gasteiger charge is 2.22. The van der Waals surface area contributed by atoms with Crippen LogP contribution >= 0.6 is 22.9 Å². The van der Waals surface area contributed by atoms with Crippen molar-refractivity contribution < 1.29 is 9.13 Å². The summed E-state index contributed by atoms with van der Waals surface area (Å²) in [5.74, 6) is 1.52. The van der Waals surface area contributed by atoms with Crippen molar-refractivity contribution in [2.24, 2.45) is 0 Å². The molecule has 2 aromatic rings. The van der Waals surface area contributed by atoms with Crippen LogP contribution in [-0.4, -0.2) is 16.4 Å². The fourth-order valence-corrected chi connectivity index (χ4v) is 2.69. The first-order valence-corrected chi connectivity index (χ1v) is 7.60. The van der Waals surface area contributed by atoms with Gasteiger partial charge in [-0.1, -0.05) is 49.6 Å². The molecule has 0 saturated carbocycles. The van der Waals surface area contributed by atoms with Crippen molar-refractivity contribution in [3.05, 3.63) is 37.6 Å². The van der Waals surface area contributed by atoms with E-state index in [2.05, 4.69) is 11.0 Å². The van der Waals surface area contributed by atoms with Gasteiger partial charge in [-0.25, -0.2) is 4.39 Å². The standard InChI is InChI=1S/C15H14ClFN2O2S/c1-5-6-21-12-8-11(9(16)7-10(12)17)19-14(20)22-13(18-19)15(2,3)4/h1,7-8H,6H2,2-4H3. The van der Waals surface area contributed by atoms with Crippen molar-refractivity contribution in [1.82, 2.24) is 9.78 Å². The van der Waals surface area contributed by atoms with Crippen molar-refractivity contribution in [2.75, 3.05) is 6.61 Å². The van der Waals surface area contributed by atoms with Gasteiger partial charge in [0, 0.05) is 11.5 Å². The minimum Gasteiger partial charge on any atom is -0.478 e. The highest BCUT2D eigenvalue weighted by molar-refractivity contribution is 7.09. The van der Waals surface area contributed by atoms with Crippen molar-refractivity contribution in [2.45, 2.75) is 26.2 Å². The smallest absolute Gasteiger partial charge is 0.329 e. The first-order valence-electron chi connectivity index (χ1n) is 6.40. The van der Waals surface area contributed by atoms with Gasteiger partial charge < -0.3 is 4.74 Å². The zero-order valence-electron chi connectivity index (χ0n) is 12.3. The predicted octanol–water partition coefficient (Wildman–Crippen LogP) is 3.40. The minimum absolute atomic E-state index is 0.0680. The van der Waals surface area contributed by atoms with E-state index in [4.69, 9.17) is 22.8 Å². The van der Waals surface area contributed by atoms with E-state index in [1.807, 2.05) is 20.8 Å². The lowest BCUT2D eigenvalue weighted by atomic mass is 9.98. The minimum atomic E-state index is -0.650. The number of rotatable bonds is 3. The van der Waals surface area contributed by atoms with Gasteiger partial charge in [-0.2, -0.15) is 9.78 Å². The van der Waals surface area contributed by atoms with Crippen LogP contribution in [0.5, 0.6) is 5.75 Å². The van der Waals surface area contributed by atoms with Gasteiger partial charge in [0.15, 0.2) is 11.6 Å². The first kappa shape index (κ1) is 16.5. The van der Waals surface area contributed by atoms with E-state index in [9.17, 15) is 9.18 Å². The molecule has 0 aliphatic rings. The molecule has 1 heterocycles. The number of ether oxygens (including phenoxy) is 1. The summed E-state index contributed by atoms with van der Waals surface area (Å²) in [6.07, 6.45) is 5.09. The second-order valence-electron chi connectivity index (χ2n) is 5.56. The van der Waals surface area contributed by atoms with Gasteiger partial charge in [0.25, 0.3) is 0 Å². The topological polar surface area (TPSA) is 44.1 Å². The predicted molar refractivity (Wildman–Crippen MR) is 85.7 cm³/mol. The SMILES string of the molecule is C#CCOc1cc(-n2nc(C(C)(C)C)sc2=O)c(Cl)cc1F. The maximum Gasteiger partial charge on any atom is 0.329 e. The van der Waals surface area contributed by atoms with E-state index in [0.29, 0.717) is 5.01 Å². The lowest BCUT2D eigenvalue weighted by Gasteiger charge is -2.13. The summed E-state index contributed by atoms with van der Waals surface area (Å²) in [7, 11) is 0. The summed E-state index contributed by atoms with van der Waals surface area (Å²) >= 11 is 7.06. The molecular weight excluding hydrogens is 327 g/mol. The van der Waals surface area contributed by atoms with Gasteiger partial charge in [0.2, 0.25) is 0 Å². The van der Waals surface area contributed by atoms with E-state index in [1.54, 1.807) is 0 Å². The second-order valence-corrected chi connectivity index (χ2v) is 6.91. The van der Waals surface area contributed by atoms with Crippen molar-refractivity contribution in [1.29, 1.82) is 0 Å². The summed E-state index contributed by atoms with van der Waals surface area (Å²) in [5.41, 5.74) is -0.0171. The van der Waals surface area contributed by atoms with Gasteiger partial charge in [0.1, 0.15) is 11.6 Å². The molecular formula is C15H14ClFN2O2S. The fraction of sp³-hybridized carbons (Fsp3) is 0.333. The molecule has 0 aliphatic heterocycles. The summed E-state index contributed by atoms with van der Waals surface area (Å²) < 4.78 is 20.0. The number of aromatic nitrogens is 2. The first-order chi connectivity index (χ1) is 10.2. The largest absolute Gasteiger partial charge is 0.478 e. The van der Waals surface area contributed by atoms with Crippen LogP contribution in [0.3, 0.4) is 0 Å². The summed E-state index contributed by atoms with van der Waals surface area (Å²) in [6.45, 7) is 5.76. The Bertz CT molecular complexity index is 799. The number of hydrogen-bond acceptors (Lipinski definition) is 4. The maximum atomic E-state index is 13.8. The monoisotopic (exact) mass is 340 g/mol. The van der Waals surface area contributed by atoms with Crippen LogP contribution in [-0.2, 0) is 5.41 Å². The molecule has 0 saturated heterocycles. The molecule has 1 aromatic carbocycles.